The molecule has 1 aliphatic heterocycles. The number of carbonyl (C=O) groups excluding carboxylic acids is 1. The summed E-state index contributed by atoms with van der Waals surface area (Å²) in [6.07, 6.45) is 0.574. The van der Waals surface area contributed by atoms with E-state index < -0.39 is 0 Å². The SMILES string of the molecule is CN/C(=N\C=O)N1CCN(C)CC1. The Kier molecular flexibility index (Phi) is 3.70. The van der Waals surface area contributed by atoms with E-state index in [1.165, 1.54) is 0 Å². The van der Waals surface area contributed by atoms with Crippen molar-refractivity contribution >= 4 is 12.4 Å². The molecule has 0 spiro atoms. The van der Waals surface area contributed by atoms with Crippen LogP contribution in [0.4, 0.5) is 0 Å². The van der Waals surface area contributed by atoms with Gasteiger partial charge in [0.2, 0.25) is 12.4 Å². The smallest absolute Gasteiger partial charge is 0.236 e. The van der Waals surface area contributed by atoms with Crippen molar-refractivity contribution in [3.63, 3.8) is 0 Å². The van der Waals surface area contributed by atoms with E-state index in [4.69, 9.17) is 0 Å². The molecule has 0 aromatic carbocycles. The van der Waals surface area contributed by atoms with E-state index in [-0.39, 0.29) is 0 Å². The normalized spacial score (nSPS) is 20.2. The summed E-state index contributed by atoms with van der Waals surface area (Å²) in [7, 11) is 3.87. The number of amides is 1. The minimum absolute atomic E-state index is 0.574. The van der Waals surface area contributed by atoms with Gasteiger partial charge >= 0.3 is 0 Å². The number of carbonyl (C=O) groups is 1. The summed E-state index contributed by atoms with van der Waals surface area (Å²) in [6.45, 7) is 3.87. The van der Waals surface area contributed by atoms with Gasteiger partial charge in [-0.3, -0.25) is 4.79 Å². The zero-order chi connectivity index (χ0) is 9.68. The van der Waals surface area contributed by atoms with Crippen LogP contribution in [-0.4, -0.2) is 62.4 Å². The lowest BCUT2D eigenvalue weighted by molar-refractivity contribution is -0.106. The minimum atomic E-state index is 0.574. The average molecular weight is 184 g/mol. The van der Waals surface area contributed by atoms with Gasteiger partial charge in [0.15, 0.2) is 0 Å². The van der Waals surface area contributed by atoms with Gasteiger partial charge in [-0.1, -0.05) is 0 Å². The zero-order valence-corrected chi connectivity index (χ0v) is 8.16. The lowest BCUT2D eigenvalue weighted by Gasteiger charge is -2.33. The second kappa shape index (κ2) is 4.81. The molecule has 13 heavy (non-hydrogen) atoms. The molecule has 1 aliphatic rings. The van der Waals surface area contributed by atoms with Gasteiger partial charge in [-0.2, -0.15) is 4.99 Å². The molecule has 0 aromatic heterocycles. The fourth-order valence-electron chi connectivity index (χ4n) is 1.37. The van der Waals surface area contributed by atoms with Crippen LogP contribution in [0.2, 0.25) is 0 Å². The first-order valence-corrected chi connectivity index (χ1v) is 4.40. The van der Waals surface area contributed by atoms with Crippen molar-refractivity contribution in [3.05, 3.63) is 0 Å². The molecule has 1 fully saturated rings. The van der Waals surface area contributed by atoms with E-state index in [0.717, 1.165) is 26.2 Å². The summed E-state index contributed by atoms with van der Waals surface area (Å²) in [5.41, 5.74) is 0. The lowest BCUT2D eigenvalue weighted by Crippen LogP contribution is -2.50. The van der Waals surface area contributed by atoms with Crippen molar-refractivity contribution in [2.75, 3.05) is 40.3 Å². The number of nitrogens with one attached hydrogen (secondary N) is 1. The highest BCUT2D eigenvalue weighted by Gasteiger charge is 2.15. The second-order valence-electron chi connectivity index (χ2n) is 3.10. The van der Waals surface area contributed by atoms with Crippen molar-refractivity contribution in [1.29, 1.82) is 0 Å². The van der Waals surface area contributed by atoms with Gasteiger partial charge in [0, 0.05) is 33.2 Å². The van der Waals surface area contributed by atoms with Crippen LogP contribution in [0.3, 0.4) is 0 Å². The second-order valence-corrected chi connectivity index (χ2v) is 3.10. The van der Waals surface area contributed by atoms with Crippen LogP contribution < -0.4 is 5.32 Å². The Morgan fingerprint density at radius 1 is 1.38 bits per heavy atom. The number of hydrogen-bond donors (Lipinski definition) is 1. The molecule has 1 amide bonds. The van der Waals surface area contributed by atoms with Gasteiger partial charge in [-0.25, -0.2) is 0 Å². The largest absolute Gasteiger partial charge is 0.359 e. The standard InChI is InChI=1S/C8H16N4O/c1-9-8(10-7-13)12-5-3-11(2)4-6-12/h7H,3-6H2,1-2H3,(H,9,10,13). The minimum Gasteiger partial charge on any atom is -0.359 e. The maximum atomic E-state index is 10.2. The van der Waals surface area contributed by atoms with Crippen LogP contribution in [0.5, 0.6) is 0 Å². The Morgan fingerprint density at radius 3 is 2.46 bits per heavy atom. The topological polar surface area (TPSA) is 47.9 Å². The number of hydrogen-bond acceptors (Lipinski definition) is 2. The summed E-state index contributed by atoms with van der Waals surface area (Å²) < 4.78 is 0. The molecule has 5 heteroatoms. The summed E-state index contributed by atoms with van der Waals surface area (Å²) in [5, 5.41) is 2.91. The number of guanidine groups is 1. The summed E-state index contributed by atoms with van der Waals surface area (Å²) in [5.74, 6) is 0.670. The van der Waals surface area contributed by atoms with Crippen LogP contribution in [0.1, 0.15) is 0 Å². The molecule has 1 N–H and O–H groups in total. The maximum absolute atomic E-state index is 10.2. The third-order valence-electron chi connectivity index (χ3n) is 2.20. The Labute approximate surface area is 78.4 Å². The number of rotatable bonds is 1. The highest BCUT2D eigenvalue weighted by atomic mass is 16.1. The third kappa shape index (κ3) is 2.69. The van der Waals surface area contributed by atoms with Crippen LogP contribution in [0.15, 0.2) is 4.99 Å². The first kappa shape index (κ1) is 9.98. The van der Waals surface area contributed by atoms with Crippen molar-refractivity contribution < 1.29 is 4.79 Å². The van der Waals surface area contributed by atoms with E-state index in [1.807, 2.05) is 0 Å². The van der Waals surface area contributed by atoms with Gasteiger partial charge in [0.25, 0.3) is 0 Å². The maximum Gasteiger partial charge on any atom is 0.236 e. The molecule has 0 bridgehead atoms. The monoisotopic (exact) mass is 184 g/mol. The lowest BCUT2D eigenvalue weighted by atomic mass is 10.3. The van der Waals surface area contributed by atoms with E-state index in [0.29, 0.717) is 12.4 Å². The number of nitrogens with zero attached hydrogens (tertiary/aromatic N) is 3. The molecule has 74 valence electrons. The Balaban J connectivity index is 2.51. The quantitative estimate of drug-likeness (QED) is 0.321. The first-order chi connectivity index (χ1) is 6.27. The number of piperazine rings is 1. The van der Waals surface area contributed by atoms with Gasteiger partial charge in [-0.15, -0.1) is 0 Å². The van der Waals surface area contributed by atoms with Crippen molar-refractivity contribution in [3.8, 4) is 0 Å². The molecular formula is C8H16N4O. The van der Waals surface area contributed by atoms with Gasteiger partial charge in [-0.05, 0) is 7.05 Å². The molecule has 0 atom stereocenters. The zero-order valence-electron chi connectivity index (χ0n) is 8.16. The molecule has 0 aromatic rings. The molecule has 0 radical (unpaired) electrons. The van der Waals surface area contributed by atoms with Crippen LogP contribution in [-0.2, 0) is 4.79 Å². The van der Waals surface area contributed by atoms with Crippen LogP contribution >= 0.6 is 0 Å². The third-order valence-corrected chi connectivity index (χ3v) is 2.20. The molecule has 5 nitrogen and oxygen atoms in total. The van der Waals surface area contributed by atoms with Gasteiger partial charge in [0.05, 0.1) is 0 Å². The molecule has 1 saturated heterocycles. The molecule has 1 rings (SSSR count). The molecule has 1 heterocycles. The molecule has 0 saturated carbocycles. The van der Waals surface area contributed by atoms with Gasteiger partial charge < -0.3 is 15.1 Å². The molecule has 0 unspecified atom stereocenters. The fraction of sp³-hybridized carbons (Fsp3) is 0.750. The highest BCUT2D eigenvalue weighted by Crippen LogP contribution is 1.98. The van der Waals surface area contributed by atoms with Crippen molar-refractivity contribution in [2.45, 2.75) is 0 Å². The van der Waals surface area contributed by atoms with Crippen molar-refractivity contribution in [2.24, 2.45) is 4.99 Å². The first-order valence-electron chi connectivity index (χ1n) is 4.40. The predicted octanol–water partition coefficient (Wildman–Crippen LogP) is -1.03. The van der Waals surface area contributed by atoms with Gasteiger partial charge in [0.1, 0.15) is 0 Å². The Bertz CT molecular complexity index is 196. The molecular weight excluding hydrogens is 168 g/mol. The average Bonchev–Trinajstić information content (AvgIpc) is 2.16. The number of aliphatic imine (C=N–C) groups is 1. The van der Waals surface area contributed by atoms with Crippen molar-refractivity contribution in [1.82, 2.24) is 15.1 Å². The highest BCUT2D eigenvalue weighted by molar-refractivity contribution is 5.85. The predicted molar refractivity (Wildman–Crippen MR) is 51.6 cm³/mol. The summed E-state index contributed by atoms with van der Waals surface area (Å²) in [4.78, 5) is 18.3. The van der Waals surface area contributed by atoms with Crippen LogP contribution in [0, 0.1) is 0 Å². The summed E-state index contributed by atoms with van der Waals surface area (Å²) >= 11 is 0. The summed E-state index contributed by atoms with van der Waals surface area (Å²) in [6, 6.07) is 0. The Hall–Kier alpha value is -1.10. The number of likely N-dealkylation sites (N-methyl/N-ethyl adjacent to an activating group) is 1. The van der Waals surface area contributed by atoms with E-state index in [1.54, 1.807) is 7.05 Å². The van der Waals surface area contributed by atoms with E-state index >= 15 is 0 Å². The van der Waals surface area contributed by atoms with E-state index in [2.05, 4.69) is 27.2 Å². The fourth-order valence-corrected chi connectivity index (χ4v) is 1.37. The van der Waals surface area contributed by atoms with Crippen LogP contribution in [0.25, 0.3) is 0 Å². The molecule has 0 aliphatic carbocycles. The van der Waals surface area contributed by atoms with E-state index in [9.17, 15) is 4.79 Å². The Morgan fingerprint density at radius 2 is 2.00 bits per heavy atom.